The second kappa shape index (κ2) is 10.4. The first-order valence-corrected chi connectivity index (χ1v) is 8.13. The molecule has 0 N–H and O–H groups in total. The van der Waals surface area contributed by atoms with Crippen LogP contribution in [0.15, 0.2) is 30.3 Å². The first-order chi connectivity index (χ1) is 10.1. The Kier molecular flexibility index (Phi) is 8.78. The maximum Gasteiger partial charge on any atom is 0.0716 e. The molecule has 0 atom stereocenters. The largest absolute Gasteiger partial charge is 0.377 e. The van der Waals surface area contributed by atoms with E-state index in [9.17, 15) is 0 Å². The molecule has 2 nitrogen and oxygen atoms in total. The van der Waals surface area contributed by atoms with Gasteiger partial charge in [0.2, 0.25) is 0 Å². The maximum absolute atomic E-state index is 8.74. The Hall–Kier alpha value is -1.33. The summed E-state index contributed by atoms with van der Waals surface area (Å²) >= 11 is 0. The van der Waals surface area contributed by atoms with Crippen LogP contribution in [0.1, 0.15) is 64.4 Å². The van der Waals surface area contributed by atoms with Gasteiger partial charge in [0.25, 0.3) is 0 Å². The monoisotopic (exact) mass is 287 g/mol. The SMILES string of the molecule is CC(C)(CC#N)CCCCCCCOCc1ccccc1. The van der Waals surface area contributed by atoms with Crippen LogP contribution in [0.2, 0.25) is 0 Å². The molecule has 0 unspecified atom stereocenters. The average molecular weight is 287 g/mol. The fourth-order valence-corrected chi connectivity index (χ4v) is 2.40. The highest BCUT2D eigenvalue weighted by molar-refractivity contribution is 5.13. The molecule has 116 valence electrons. The zero-order chi connectivity index (χ0) is 15.4. The number of nitrogens with zero attached hydrogens (tertiary/aromatic N) is 1. The standard InChI is InChI=1S/C19H29NO/c1-19(2,14-15-20)13-9-4-3-5-10-16-21-17-18-11-7-6-8-12-18/h6-8,11-12H,3-5,9-10,13-14,16-17H2,1-2H3. The van der Waals surface area contributed by atoms with Crippen LogP contribution in [0, 0.1) is 16.7 Å². The molecule has 0 saturated heterocycles. The number of hydrogen-bond donors (Lipinski definition) is 0. The zero-order valence-corrected chi connectivity index (χ0v) is 13.6. The number of rotatable bonds is 11. The molecule has 0 amide bonds. The molecule has 0 heterocycles. The van der Waals surface area contributed by atoms with Gasteiger partial charge in [-0.05, 0) is 23.8 Å². The fourth-order valence-electron chi connectivity index (χ4n) is 2.40. The highest BCUT2D eigenvalue weighted by Crippen LogP contribution is 2.27. The molecule has 0 bridgehead atoms. The quantitative estimate of drug-likeness (QED) is 0.505. The van der Waals surface area contributed by atoms with Gasteiger partial charge in [-0.25, -0.2) is 0 Å². The smallest absolute Gasteiger partial charge is 0.0716 e. The molecule has 0 radical (unpaired) electrons. The minimum Gasteiger partial charge on any atom is -0.377 e. The van der Waals surface area contributed by atoms with Crippen LogP contribution in [-0.2, 0) is 11.3 Å². The molecule has 1 rings (SSSR count). The third-order valence-electron chi connectivity index (χ3n) is 3.81. The number of unbranched alkanes of at least 4 members (excludes halogenated alkanes) is 4. The summed E-state index contributed by atoms with van der Waals surface area (Å²) in [6, 6.07) is 12.6. The predicted octanol–water partition coefficient (Wildman–Crippen LogP) is 5.48. The lowest BCUT2D eigenvalue weighted by molar-refractivity contribution is 0.116. The van der Waals surface area contributed by atoms with Crippen molar-refractivity contribution in [1.29, 1.82) is 5.26 Å². The summed E-state index contributed by atoms with van der Waals surface area (Å²) < 4.78 is 5.68. The van der Waals surface area contributed by atoms with Crippen LogP contribution in [0.4, 0.5) is 0 Å². The van der Waals surface area contributed by atoms with Crippen molar-refractivity contribution < 1.29 is 4.74 Å². The summed E-state index contributed by atoms with van der Waals surface area (Å²) in [5.74, 6) is 0. The van der Waals surface area contributed by atoms with Gasteiger partial charge < -0.3 is 4.74 Å². The van der Waals surface area contributed by atoms with E-state index < -0.39 is 0 Å². The Morgan fingerprint density at radius 1 is 1.00 bits per heavy atom. The van der Waals surface area contributed by atoms with Gasteiger partial charge in [0.1, 0.15) is 0 Å². The van der Waals surface area contributed by atoms with E-state index in [1.165, 1.54) is 31.2 Å². The van der Waals surface area contributed by atoms with Crippen molar-refractivity contribution in [3.63, 3.8) is 0 Å². The third-order valence-corrected chi connectivity index (χ3v) is 3.81. The van der Waals surface area contributed by atoms with Crippen LogP contribution in [0.25, 0.3) is 0 Å². The van der Waals surface area contributed by atoms with Crippen LogP contribution in [0.5, 0.6) is 0 Å². The molecule has 0 aromatic heterocycles. The van der Waals surface area contributed by atoms with E-state index >= 15 is 0 Å². The molecule has 1 aromatic carbocycles. The molecular formula is C19H29NO. The summed E-state index contributed by atoms with van der Waals surface area (Å²) in [6.45, 7) is 5.96. The Bertz CT molecular complexity index is 405. The summed E-state index contributed by atoms with van der Waals surface area (Å²) in [5.41, 5.74) is 1.44. The third kappa shape index (κ3) is 9.26. The molecule has 21 heavy (non-hydrogen) atoms. The van der Waals surface area contributed by atoms with Gasteiger partial charge in [-0.15, -0.1) is 0 Å². The molecule has 0 aliphatic carbocycles. The van der Waals surface area contributed by atoms with Crippen LogP contribution < -0.4 is 0 Å². The number of benzene rings is 1. The minimum absolute atomic E-state index is 0.188. The van der Waals surface area contributed by atoms with Crippen molar-refractivity contribution in [2.45, 2.75) is 65.4 Å². The maximum atomic E-state index is 8.74. The van der Waals surface area contributed by atoms with Gasteiger partial charge in [-0.2, -0.15) is 5.26 Å². The van der Waals surface area contributed by atoms with Crippen molar-refractivity contribution in [3.05, 3.63) is 35.9 Å². The van der Waals surface area contributed by atoms with Crippen molar-refractivity contribution in [3.8, 4) is 6.07 Å². The molecule has 0 aliphatic heterocycles. The van der Waals surface area contributed by atoms with Gasteiger partial charge in [0, 0.05) is 13.0 Å². The first-order valence-electron chi connectivity index (χ1n) is 8.13. The number of nitriles is 1. The highest BCUT2D eigenvalue weighted by atomic mass is 16.5. The zero-order valence-electron chi connectivity index (χ0n) is 13.6. The van der Waals surface area contributed by atoms with E-state index in [0.29, 0.717) is 6.42 Å². The number of hydrogen-bond acceptors (Lipinski definition) is 2. The molecule has 0 saturated carbocycles. The van der Waals surface area contributed by atoms with E-state index in [-0.39, 0.29) is 5.41 Å². The van der Waals surface area contributed by atoms with Gasteiger partial charge in [0.05, 0.1) is 12.7 Å². The van der Waals surface area contributed by atoms with E-state index in [2.05, 4.69) is 32.0 Å². The second-order valence-corrected chi connectivity index (χ2v) is 6.56. The topological polar surface area (TPSA) is 33.0 Å². The average Bonchev–Trinajstić information content (AvgIpc) is 2.46. The van der Waals surface area contributed by atoms with Crippen LogP contribution in [0.3, 0.4) is 0 Å². The minimum atomic E-state index is 0.188. The van der Waals surface area contributed by atoms with Crippen LogP contribution in [-0.4, -0.2) is 6.61 Å². The van der Waals surface area contributed by atoms with E-state index in [4.69, 9.17) is 10.00 Å². The number of ether oxygens (including phenoxy) is 1. The Morgan fingerprint density at radius 2 is 1.67 bits per heavy atom. The Morgan fingerprint density at radius 3 is 2.38 bits per heavy atom. The highest BCUT2D eigenvalue weighted by Gasteiger charge is 2.16. The first kappa shape index (κ1) is 17.7. The van der Waals surface area contributed by atoms with Gasteiger partial charge in [-0.1, -0.05) is 69.9 Å². The van der Waals surface area contributed by atoms with Crippen molar-refractivity contribution in [2.24, 2.45) is 5.41 Å². The lowest BCUT2D eigenvalue weighted by atomic mass is 9.84. The summed E-state index contributed by atoms with van der Waals surface area (Å²) in [5, 5.41) is 8.74. The molecule has 2 heteroatoms. The van der Waals surface area contributed by atoms with Crippen molar-refractivity contribution >= 4 is 0 Å². The summed E-state index contributed by atoms with van der Waals surface area (Å²) in [4.78, 5) is 0. The van der Waals surface area contributed by atoms with Crippen molar-refractivity contribution in [1.82, 2.24) is 0 Å². The van der Waals surface area contributed by atoms with Gasteiger partial charge in [0.15, 0.2) is 0 Å². The Balaban J connectivity index is 1.90. The lowest BCUT2D eigenvalue weighted by Gasteiger charge is -2.20. The van der Waals surface area contributed by atoms with E-state index in [0.717, 1.165) is 26.1 Å². The van der Waals surface area contributed by atoms with Gasteiger partial charge in [-0.3, -0.25) is 0 Å². The molecular weight excluding hydrogens is 258 g/mol. The summed E-state index contributed by atoms with van der Waals surface area (Å²) in [7, 11) is 0. The van der Waals surface area contributed by atoms with E-state index in [1.54, 1.807) is 0 Å². The van der Waals surface area contributed by atoms with Gasteiger partial charge >= 0.3 is 0 Å². The predicted molar refractivity (Wildman–Crippen MR) is 87.8 cm³/mol. The molecule has 1 aromatic rings. The fraction of sp³-hybridized carbons (Fsp3) is 0.632. The Labute approximate surface area is 130 Å². The summed E-state index contributed by atoms with van der Waals surface area (Å²) in [6.07, 6.45) is 8.00. The van der Waals surface area contributed by atoms with E-state index in [1.807, 2.05) is 18.2 Å². The molecule has 0 fully saturated rings. The van der Waals surface area contributed by atoms with Crippen molar-refractivity contribution in [2.75, 3.05) is 6.61 Å². The van der Waals surface area contributed by atoms with Crippen LogP contribution >= 0.6 is 0 Å². The normalized spacial score (nSPS) is 11.3. The lowest BCUT2D eigenvalue weighted by Crippen LogP contribution is -2.09. The second-order valence-electron chi connectivity index (χ2n) is 6.56. The molecule has 0 aliphatic rings. The molecule has 0 spiro atoms.